The van der Waals surface area contributed by atoms with Crippen LogP contribution in [-0.4, -0.2) is 65.6 Å². The predicted octanol–water partition coefficient (Wildman–Crippen LogP) is 1.56. The number of hydrogen-bond donors (Lipinski definition) is 1. The van der Waals surface area contributed by atoms with Gasteiger partial charge in [0, 0.05) is 45.2 Å². The number of likely N-dealkylation sites (tertiary alicyclic amines) is 2. The minimum atomic E-state index is -0.423. The second-order valence-electron chi connectivity index (χ2n) is 6.58. The third-order valence-electron chi connectivity index (χ3n) is 5.06. The van der Waals surface area contributed by atoms with Crippen LogP contribution in [0.3, 0.4) is 0 Å². The van der Waals surface area contributed by atoms with Crippen molar-refractivity contribution >= 4 is 11.9 Å². The molecule has 1 aromatic rings. The van der Waals surface area contributed by atoms with E-state index in [0.29, 0.717) is 19.6 Å². The summed E-state index contributed by atoms with van der Waals surface area (Å²) in [7, 11) is 1.58. The summed E-state index contributed by atoms with van der Waals surface area (Å²) < 4.78 is 5.40. The fraction of sp³-hybridized carbons (Fsp3) is 0.611. The molecule has 0 bridgehead atoms. The summed E-state index contributed by atoms with van der Waals surface area (Å²) in [6, 6.07) is 3.95. The molecule has 2 atom stereocenters. The van der Waals surface area contributed by atoms with Crippen molar-refractivity contribution in [2.24, 2.45) is 0 Å². The van der Waals surface area contributed by atoms with Crippen LogP contribution in [0.5, 0.6) is 0 Å². The maximum Gasteiger partial charge on any atom is 0.317 e. The summed E-state index contributed by atoms with van der Waals surface area (Å²) >= 11 is 0. The molecule has 2 aliphatic rings. The monoisotopic (exact) mass is 346 g/mol. The first-order chi connectivity index (χ1) is 12.2. The van der Waals surface area contributed by atoms with E-state index >= 15 is 0 Å². The highest BCUT2D eigenvalue weighted by Crippen LogP contribution is 2.40. The molecule has 2 aliphatic heterocycles. The third kappa shape index (κ3) is 3.46. The Hall–Kier alpha value is -2.15. The fourth-order valence-corrected chi connectivity index (χ4v) is 3.71. The maximum absolute atomic E-state index is 12.5. The first-order valence-electron chi connectivity index (χ1n) is 8.95. The van der Waals surface area contributed by atoms with Crippen LogP contribution in [-0.2, 0) is 9.53 Å². The number of urea groups is 1. The zero-order valence-electron chi connectivity index (χ0n) is 14.9. The van der Waals surface area contributed by atoms with Crippen molar-refractivity contribution in [3.8, 4) is 0 Å². The molecule has 0 radical (unpaired) electrons. The van der Waals surface area contributed by atoms with Crippen molar-refractivity contribution in [1.29, 1.82) is 0 Å². The van der Waals surface area contributed by atoms with Crippen molar-refractivity contribution in [3.63, 3.8) is 0 Å². The largest absolute Gasteiger partial charge is 0.369 e. The van der Waals surface area contributed by atoms with Crippen molar-refractivity contribution < 1.29 is 14.3 Å². The molecule has 0 saturated carbocycles. The second kappa shape index (κ2) is 7.82. The molecule has 1 aromatic heterocycles. The van der Waals surface area contributed by atoms with Crippen molar-refractivity contribution in [2.75, 3.05) is 26.7 Å². The Morgan fingerprint density at radius 2 is 2.00 bits per heavy atom. The van der Waals surface area contributed by atoms with E-state index in [4.69, 9.17) is 4.74 Å². The van der Waals surface area contributed by atoms with Crippen molar-refractivity contribution in [1.82, 2.24) is 20.1 Å². The van der Waals surface area contributed by atoms with Crippen LogP contribution in [0.4, 0.5) is 4.79 Å². The Balaban J connectivity index is 1.64. The van der Waals surface area contributed by atoms with Gasteiger partial charge in [0.2, 0.25) is 0 Å². The Morgan fingerprint density at radius 3 is 2.60 bits per heavy atom. The molecule has 3 amide bonds. The molecule has 25 heavy (non-hydrogen) atoms. The van der Waals surface area contributed by atoms with E-state index in [2.05, 4.69) is 10.3 Å². The molecule has 136 valence electrons. The normalized spacial score (nSPS) is 24.2. The lowest BCUT2D eigenvalue weighted by atomic mass is 9.86. The number of nitrogens with one attached hydrogen (secondary N) is 1. The predicted molar refractivity (Wildman–Crippen MR) is 92.9 cm³/mol. The highest BCUT2D eigenvalue weighted by molar-refractivity contribution is 5.89. The number of rotatable bonds is 5. The van der Waals surface area contributed by atoms with Gasteiger partial charge >= 0.3 is 6.03 Å². The number of carbonyl (C=O) groups excluding carboxylic acids is 2. The molecule has 2 fully saturated rings. The summed E-state index contributed by atoms with van der Waals surface area (Å²) in [5.74, 6) is 0.0400. The highest BCUT2D eigenvalue weighted by Gasteiger charge is 2.51. The maximum atomic E-state index is 12.5. The van der Waals surface area contributed by atoms with Crippen LogP contribution in [0.1, 0.15) is 37.8 Å². The average molecular weight is 346 g/mol. The molecule has 7 heteroatoms. The van der Waals surface area contributed by atoms with E-state index < -0.39 is 6.10 Å². The van der Waals surface area contributed by atoms with Crippen LogP contribution in [0, 0.1) is 0 Å². The zero-order valence-corrected chi connectivity index (χ0v) is 14.9. The Labute approximate surface area is 148 Å². The fourth-order valence-electron chi connectivity index (χ4n) is 3.71. The lowest BCUT2D eigenvalue weighted by Crippen LogP contribution is -2.64. The Kier molecular flexibility index (Phi) is 5.53. The molecular formula is C18H26N4O3. The van der Waals surface area contributed by atoms with E-state index in [9.17, 15) is 9.59 Å². The number of hydrogen-bond acceptors (Lipinski definition) is 4. The number of methoxy groups -OCH3 is 1. The van der Waals surface area contributed by atoms with Crippen LogP contribution in [0.25, 0.3) is 0 Å². The van der Waals surface area contributed by atoms with Crippen LogP contribution < -0.4 is 5.32 Å². The number of aromatic nitrogens is 1. The lowest BCUT2D eigenvalue weighted by Gasteiger charge is -2.52. The summed E-state index contributed by atoms with van der Waals surface area (Å²) in [6.07, 6.45) is 5.57. The van der Waals surface area contributed by atoms with Crippen LogP contribution in [0.2, 0.25) is 0 Å². The van der Waals surface area contributed by atoms with Gasteiger partial charge in [-0.1, -0.05) is 6.92 Å². The SMILES string of the molecule is CCCNC(=O)N1CCC(N2C(=O)[C@H](OC)[C@@H]2c2ccncc2)CC1. The quantitative estimate of drug-likeness (QED) is 0.821. The average Bonchev–Trinajstić information content (AvgIpc) is 2.65. The molecule has 1 N–H and O–H groups in total. The number of amides is 3. The van der Waals surface area contributed by atoms with E-state index in [-0.39, 0.29) is 24.0 Å². The van der Waals surface area contributed by atoms with Gasteiger partial charge in [-0.3, -0.25) is 9.78 Å². The van der Waals surface area contributed by atoms with Crippen molar-refractivity contribution in [2.45, 2.75) is 44.4 Å². The van der Waals surface area contributed by atoms with E-state index in [1.54, 1.807) is 19.5 Å². The number of carbonyl (C=O) groups is 2. The summed E-state index contributed by atoms with van der Waals surface area (Å²) in [5, 5.41) is 2.91. The minimum Gasteiger partial charge on any atom is -0.369 e. The topological polar surface area (TPSA) is 74.8 Å². The van der Waals surface area contributed by atoms with Gasteiger partial charge < -0.3 is 19.9 Å². The Morgan fingerprint density at radius 1 is 1.32 bits per heavy atom. The standard InChI is InChI=1S/C18H26N4O3/c1-3-8-20-18(24)21-11-6-14(7-12-21)22-15(16(25-2)17(22)23)13-4-9-19-10-5-13/h4-5,9-10,14-16H,3,6-8,11-12H2,1-2H3,(H,20,24)/t15-,16+/m0/s1. The zero-order chi connectivity index (χ0) is 17.8. The smallest absolute Gasteiger partial charge is 0.317 e. The molecule has 0 aromatic carbocycles. The molecule has 3 heterocycles. The number of ether oxygens (including phenoxy) is 1. The molecule has 0 aliphatic carbocycles. The molecule has 0 spiro atoms. The van der Waals surface area contributed by atoms with Gasteiger partial charge in [-0.25, -0.2) is 4.79 Å². The second-order valence-corrected chi connectivity index (χ2v) is 6.58. The molecule has 3 rings (SSSR count). The van der Waals surface area contributed by atoms with Gasteiger partial charge in [0.25, 0.3) is 5.91 Å². The summed E-state index contributed by atoms with van der Waals surface area (Å²) in [6.45, 7) is 4.08. The van der Waals surface area contributed by atoms with Gasteiger partial charge in [-0.2, -0.15) is 0 Å². The number of nitrogens with zero attached hydrogens (tertiary/aromatic N) is 3. The minimum absolute atomic E-state index is 0.00399. The first kappa shape index (κ1) is 17.7. The summed E-state index contributed by atoms with van der Waals surface area (Å²) in [5.41, 5.74) is 1.05. The number of β-lactam (4-membered cyclic amide) rings is 1. The van der Waals surface area contributed by atoms with Gasteiger partial charge in [0.15, 0.2) is 6.10 Å². The highest BCUT2D eigenvalue weighted by atomic mass is 16.5. The van der Waals surface area contributed by atoms with E-state index in [1.165, 1.54) is 0 Å². The molecule has 2 saturated heterocycles. The van der Waals surface area contributed by atoms with E-state index in [0.717, 1.165) is 24.8 Å². The van der Waals surface area contributed by atoms with Gasteiger partial charge in [-0.15, -0.1) is 0 Å². The first-order valence-corrected chi connectivity index (χ1v) is 8.95. The lowest BCUT2D eigenvalue weighted by molar-refractivity contribution is -0.178. The molecular weight excluding hydrogens is 320 g/mol. The van der Waals surface area contributed by atoms with E-state index in [1.807, 2.05) is 28.9 Å². The van der Waals surface area contributed by atoms with Crippen molar-refractivity contribution in [3.05, 3.63) is 30.1 Å². The molecule has 0 unspecified atom stereocenters. The van der Waals surface area contributed by atoms with Gasteiger partial charge in [0.1, 0.15) is 0 Å². The van der Waals surface area contributed by atoms with Gasteiger partial charge in [0.05, 0.1) is 6.04 Å². The Bertz CT molecular complexity index is 602. The number of pyridine rings is 1. The van der Waals surface area contributed by atoms with Crippen LogP contribution >= 0.6 is 0 Å². The molecule has 7 nitrogen and oxygen atoms in total. The van der Waals surface area contributed by atoms with Gasteiger partial charge in [-0.05, 0) is 37.0 Å². The number of piperidine rings is 1. The summed E-state index contributed by atoms with van der Waals surface area (Å²) in [4.78, 5) is 32.4. The van der Waals surface area contributed by atoms with Crippen LogP contribution in [0.15, 0.2) is 24.5 Å². The third-order valence-corrected chi connectivity index (χ3v) is 5.06.